The predicted octanol–water partition coefficient (Wildman–Crippen LogP) is 0.487. The quantitative estimate of drug-likeness (QED) is 0.460. The van der Waals surface area contributed by atoms with E-state index in [0.717, 1.165) is 44.0 Å². The first-order valence-electron chi connectivity index (χ1n) is 10.9. The Kier molecular flexibility index (Phi) is 8.14. The maximum atomic E-state index is 12.4. The van der Waals surface area contributed by atoms with E-state index in [0.29, 0.717) is 23.1 Å². The average molecular weight is 469 g/mol. The largest absolute Gasteiger partial charge is 0.483 e. The number of rotatable bonds is 5. The van der Waals surface area contributed by atoms with Crippen LogP contribution in [0.15, 0.2) is 46.1 Å². The van der Waals surface area contributed by atoms with E-state index in [4.69, 9.17) is 9.90 Å². The third-order valence-electron chi connectivity index (χ3n) is 5.71. The molecule has 1 aliphatic rings. The number of aromatic amines is 1. The summed E-state index contributed by atoms with van der Waals surface area (Å²) in [7, 11) is 1.59. The lowest BCUT2D eigenvalue weighted by Crippen LogP contribution is -2.46. The van der Waals surface area contributed by atoms with Crippen LogP contribution in [-0.4, -0.2) is 70.1 Å². The number of piperazine rings is 1. The van der Waals surface area contributed by atoms with Crippen LogP contribution in [0.5, 0.6) is 0 Å². The minimum Gasteiger partial charge on any atom is -0.483 e. The summed E-state index contributed by atoms with van der Waals surface area (Å²) in [4.78, 5) is 56.2. The fraction of sp³-hybridized carbons (Fsp3) is 0.348. The second kappa shape index (κ2) is 11.2. The van der Waals surface area contributed by atoms with Crippen molar-refractivity contribution in [3.05, 3.63) is 68.6 Å². The molecule has 1 aromatic carbocycles. The summed E-state index contributed by atoms with van der Waals surface area (Å²) >= 11 is 0. The van der Waals surface area contributed by atoms with Gasteiger partial charge in [-0.1, -0.05) is 6.07 Å². The lowest BCUT2D eigenvalue weighted by atomic mass is 10.1. The van der Waals surface area contributed by atoms with Gasteiger partial charge in [0.05, 0.1) is 22.8 Å². The Hall–Kier alpha value is -3.99. The number of carbonyl (C=O) groups excluding carboxylic acids is 1. The molecule has 1 amide bonds. The van der Waals surface area contributed by atoms with Crippen molar-refractivity contribution in [2.75, 3.05) is 38.1 Å². The first kappa shape index (κ1) is 24.6. The van der Waals surface area contributed by atoms with Crippen molar-refractivity contribution < 1.29 is 14.7 Å². The summed E-state index contributed by atoms with van der Waals surface area (Å²) in [5.41, 5.74) is 2.42. The summed E-state index contributed by atoms with van der Waals surface area (Å²) in [6.45, 7) is 6.09. The first-order valence-corrected chi connectivity index (χ1v) is 10.9. The van der Waals surface area contributed by atoms with Crippen molar-refractivity contribution in [2.45, 2.75) is 20.0 Å². The van der Waals surface area contributed by atoms with Gasteiger partial charge < -0.3 is 20.3 Å². The highest BCUT2D eigenvalue weighted by Crippen LogP contribution is 2.18. The van der Waals surface area contributed by atoms with Crippen molar-refractivity contribution in [3.8, 4) is 0 Å². The van der Waals surface area contributed by atoms with Gasteiger partial charge in [-0.2, -0.15) is 0 Å². The normalized spacial score (nSPS) is 13.8. The Labute approximate surface area is 195 Å². The number of benzene rings is 1. The highest BCUT2D eigenvalue weighted by molar-refractivity contribution is 5.92. The molecule has 3 N–H and O–H groups in total. The van der Waals surface area contributed by atoms with Gasteiger partial charge in [0.15, 0.2) is 0 Å². The molecule has 34 heavy (non-hydrogen) atoms. The SMILES string of the molecule is CCn1c(=O)[nH]c2cc(CN3CCN(c4ccc(C(=O)NC)nc4)CC3)ccc2c1=O.O=CO. The third-order valence-corrected chi connectivity index (χ3v) is 5.71. The van der Waals surface area contributed by atoms with Gasteiger partial charge in [-0.15, -0.1) is 0 Å². The van der Waals surface area contributed by atoms with Gasteiger partial charge in [0.2, 0.25) is 0 Å². The zero-order chi connectivity index (χ0) is 24.7. The summed E-state index contributed by atoms with van der Waals surface area (Å²) < 4.78 is 1.21. The van der Waals surface area contributed by atoms with Gasteiger partial charge in [0.25, 0.3) is 17.9 Å². The number of nitrogens with zero attached hydrogens (tertiary/aromatic N) is 4. The average Bonchev–Trinajstić information content (AvgIpc) is 2.85. The van der Waals surface area contributed by atoms with Crippen LogP contribution >= 0.6 is 0 Å². The van der Waals surface area contributed by atoms with E-state index in [2.05, 4.69) is 25.1 Å². The van der Waals surface area contributed by atoms with Crippen molar-refractivity contribution in [1.29, 1.82) is 0 Å². The summed E-state index contributed by atoms with van der Waals surface area (Å²) in [6.07, 6.45) is 1.74. The third kappa shape index (κ3) is 5.49. The molecule has 0 aliphatic carbocycles. The first-order chi connectivity index (χ1) is 16.4. The number of nitrogens with one attached hydrogen (secondary N) is 2. The molecule has 0 radical (unpaired) electrons. The van der Waals surface area contributed by atoms with Gasteiger partial charge in [-0.3, -0.25) is 23.9 Å². The molecule has 0 atom stereocenters. The van der Waals surface area contributed by atoms with Gasteiger partial charge in [-0.25, -0.2) is 9.78 Å². The molecule has 0 bridgehead atoms. The number of carbonyl (C=O) groups is 2. The van der Waals surface area contributed by atoms with Crippen LogP contribution in [0.25, 0.3) is 10.9 Å². The highest BCUT2D eigenvalue weighted by Gasteiger charge is 2.18. The number of hydrogen-bond donors (Lipinski definition) is 3. The second-order valence-corrected chi connectivity index (χ2v) is 7.71. The van der Waals surface area contributed by atoms with Crippen LogP contribution in [0, 0.1) is 0 Å². The van der Waals surface area contributed by atoms with E-state index in [-0.39, 0.29) is 23.6 Å². The van der Waals surface area contributed by atoms with Gasteiger partial charge in [-0.05, 0) is 36.8 Å². The molecule has 0 spiro atoms. The number of H-pyrrole nitrogens is 1. The molecule has 3 heterocycles. The minimum atomic E-state index is -0.373. The van der Waals surface area contributed by atoms with Crippen LogP contribution in [0.3, 0.4) is 0 Å². The number of carboxylic acid groups (broad SMARTS) is 1. The van der Waals surface area contributed by atoms with E-state index in [1.54, 1.807) is 32.3 Å². The van der Waals surface area contributed by atoms with Gasteiger partial charge in [0, 0.05) is 46.3 Å². The van der Waals surface area contributed by atoms with Crippen molar-refractivity contribution in [2.24, 2.45) is 0 Å². The smallest absolute Gasteiger partial charge is 0.328 e. The van der Waals surface area contributed by atoms with Crippen LogP contribution in [-0.2, 0) is 17.9 Å². The molecular formula is C23H28N6O5. The Morgan fingerprint density at radius 3 is 2.47 bits per heavy atom. The van der Waals surface area contributed by atoms with E-state index < -0.39 is 0 Å². The Bertz CT molecular complexity index is 1260. The zero-order valence-corrected chi connectivity index (χ0v) is 19.2. The maximum absolute atomic E-state index is 12.4. The van der Waals surface area contributed by atoms with Crippen LogP contribution in [0.4, 0.5) is 5.69 Å². The topological polar surface area (TPSA) is 141 Å². The molecule has 11 nitrogen and oxygen atoms in total. The van der Waals surface area contributed by atoms with E-state index in [9.17, 15) is 14.4 Å². The minimum absolute atomic E-state index is 0.193. The van der Waals surface area contributed by atoms with Crippen LogP contribution < -0.4 is 21.5 Å². The summed E-state index contributed by atoms with van der Waals surface area (Å²) in [5.74, 6) is -0.193. The molecule has 0 unspecified atom stereocenters. The molecule has 180 valence electrons. The number of amides is 1. The molecule has 0 saturated carbocycles. The highest BCUT2D eigenvalue weighted by atomic mass is 16.3. The van der Waals surface area contributed by atoms with Crippen LogP contribution in [0.2, 0.25) is 0 Å². The molecular weight excluding hydrogens is 440 g/mol. The van der Waals surface area contributed by atoms with Crippen molar-refractivity contribution in [1.82, 2.24) is 24.8 Å². The molecule has 11 heteroatoms. The fourth-order valence-corrected chi connectivity index (χ4v) is 3.95. The standard InChI is InChI=1S/C22H26N6O3.CH2O2/c1-3-28-21(30)17-6-4-15(12-19(17)25-22(28)31)14-26-8-10-27(11-9-26)16-5-7-18(24-13-16)20(29)23-2;2-1-3/h4-7,12-13H,3,8-11,14H2,1-2H3,(H,23,29)(H,25,31);1H,(H,2,3). The van der Waals surface area contributed by atoms with Gasteiger partial charge >= 0.3 is 5.69 Å². The number of anilines is 1. The fourth-order valence-electron chi connectivity index (χ4n) is 3.95. The Morgan fingerprint density at radius 1 is 1.18 bits per heavy atom. The van der Waals surface area contributed by atoms with Gasteiger partial charge in [0.1, 0.15) is 5.69 Å². The zero-order valence-electron chi connectivity index (χ0n) is 19.2. The molecule has 1 aliphatic heterocycles. The molecule has 2 aromatic heterocycles. The molecule has 4 rings (SSSR count). The van der Waals surface area contributed by atoms with Crippen LogP contribution in [0.1, 0.15) is 23.0 Å². The Balaban J connectivity index is 0.00000103. The van der Waals surface area contributed by atoms with Crippen molar-refractivity contribution >= 4 is 29.0 Å². The molecule has 1 saturated heterocycles. The summed E-state index contributed by atoms with van der Waals surface area (Å²) in [6, 6.07) is 9.31. The summed E-state index contributed by atoms with van der Waals surface area (Å²) in [5, 5.41) is 9.99. The monoisotopic (exact) mass is 468 g/mol. The number of pyridine rings is 1. The van der Waals surface area contributed by atoms with E-state index in [1.807, 2.05) is 18.2 Å². The number of hydrogen-bond acceptors (Lipinski definition) is 7. The number of fused-ring (bicyclic) bond motifs is 1. The Morgan fingerprint density at radius 2 is 1.88 bits per heavy atom. The van der Waals surface area contributed by atoms with Crippen molar-refractivity contribution in [3.63, 3.8) is 0 Å². The maximum Gasteiger partial charge on any atom is 0.328 e. The predicted molar refractivity (Wildman–Crippen MR) is 128 cm³/mol. The van der Waals surface area contributed by atoms with E-state index in [1.165, 1.54) is 4.57 Å². The molecule has 3 aromatic rings. The molecule has 1 fully saturated rings. The lowest BCUT2D eigenvalue weighted by Gasteiger charge is -2.36. The number of aromatic nitrogens is 3. The van der Waals surface area contributed by atoms with E-state index >= 15 is 0 Å². The second-order valence-electron chi connectivity index (χ2n) is 7.71. The lowest BCUT2D eigenvalue weighted by molar-refractivity contribution is -0.122.